The number of aliphatic hydroxyl groups excluding tert-OH is 1. The molecule has 0 unspecified atom stereocenters. The molecular weight excluding hydrogens is 204 g/mol. The topological polar surface area (TPSA) is 54.4 Å². The molecule has 4 nitrogen and oxygen atoms in total. The van der Waals surface area contributed by atoms with Gasteiger partial charge in [0.25, 0.3) is 0 Å². The number of aliphatic hydroxyl groups is 1. The van der Waals surface area contributed by atoms with Crippen LogP contribution >= 0.6 is 0 Å². The summed E-state index contributed by atoms with van der Waals surface area (Å²) in [6.07, 6.45) is 5.67. The van der Waals surface area contributed by atoms with Crippen LogP contribution in [0, 0.1) is 0 Å². The molecule has 1 aromatic heterocycles. The van der Waals surface area contributed by atoms with Crippen LogP contribution in [0.1, 0.15) is 12.0 Å². The Labute approximate surface area is 96.7 Å². The maximum Gasteiger partial charge on any atom is 0.0697 e. The molecule has 4 heteroatoms. The Balaban J connectivity index is 1.89. The molecule has 0 fully saturated rings. The van der Waals surface area contributed by atoms with Crippen molar-refractivity contribution >= 4 is 0 Å². The fourth-order valence-electron chi connectivity index (χ4n) is 1.37. The number of rotatable bonds is 9. The molecule has 0 aromatic carbocycles. The van der Waals surface area contributed by atoms with E-state index >= 15 is 0 Å². The second-order valence-corrected chi connectivity index (χ2v) is 3.55. The van der Waals surface area contributed by atoms with E-state index in [9.17, 15) is 0 Å². The van der Waals surface area contributed by atoms with E-state index in [1.807, 2.05) is 12.3 Å². The zero-order chi connectivity index (χ0) is 11.5. The zero-order valence-corrected chi connectivity index (χ0v) is 9.56. The van der Waals surface area contributed by atoms with Gasteiger partial charge in [0.15, 0.2) is 0 Å². The Morgan fingerprint density at radius 3 is 3.00 bits per heavy atom. The van der Waals surface area contributed by atoms with Crippen molar-refractivity contribution in [2.75, 3.05) is 32.9 Å². The lowest BCUT2D eigenvalue weighted by molar-refractivity contribution is 0.0908. The van der Waals surface area contributed by atoms with Crippen molar-refractivity contribution in [3.8, 4) is 0 Å². The third-order valence-corrected chi connectivity index (χ3v) is 2.19. The first-order valence-electron chi connectivity index (χ1n) is 5.71. The average molecular weight is 224 g/mol. The first kappa shape index (κ1) is 13.1. The van der Waals surface area contributed by atoms with Crippen molar-refractivity contribution in [1.29, 1.82) is 0 Å². The SMILES string of the molecule is OCCOCCCNCCc1cccnc1. The lowest BCUT2D eigenvalue weighted by Gasteiger charge is -2.05. The molecule has 0 aliphatic carbocycles. The van der Waals surface area contributed by atoms with Crippen molar-refractivity contribution in [1.82, 2.24) is 10.3 Å². The van der Waals surface area contributed by atoms with Gasteiger partial charge in [-0.3, -0.25) is 4.98 Å². The Morgan fingerprint density at radius 1 is 1.31 bits per heavy atom. The first-order chi connectivity index (χ1) is 7.93. The molecule has 0 spiro atoms. The van der Waals surface area contributed by atoms with Gasteiger partial charge in [-0.15, -0.1) is 0 Å². The summed E-state index contributed by atoms with van der Waals surface area (Å²) in [7, 11) is 0. The maximum absolute atomic E-state index is 8.49. The molecule has 2 N–H and O–H groups in total. The highest BCUT2D eigenvalue weighted by atomic mass is 16.5. The summed E-state index contributed by atoms with van der Waals surface area (Å²) in [4.78, 5) is 4.06. The minimum absolute atomic E-state index is 0.106. The van der Waals surface area contributed by atoms with E-state index < -0.39 is 0 Å². The number of hydrogen-bond acceptors (Lipinski definition) is 4. The standard InChI is InChI=1S/C12H20N2O2/c15-8-10-16-9-2-6-13-7-4-12-3-1-5-14-11-12/h1,3,5,11,13,15H,2,4,6-10H2. The molecule has 90 valence electrons. The van der Waals surface area contributed by atoms with Crippen LogP contribution in [-0.2, 0) is 11.2 Å². The van der Waals surface area contributed by atoms with E-state index in [4.69, 9.17) is 9.84 Å². The normalized spacial score (nSPS) is 10.6. The summed E-state index contributed by atoms with van der Waals surface area (Å²) < 4.78 is 5.15. The smallest absolute Gasteiger partial charge is 0.0697 e. The summed E-state index contributed by atoms with van der Waals surface area (Å²) in [6.45, 7) is 3.17. The van der Waals surface area contributed by atoms with Gasteiger partial charge in [-0.2, -0.15) is 0 Å². The van der Waals surface area contributed by atoms with E-state index in [1.54, 1.807) is 6.20 Å². The van der Waals surface area contributed by atoms with Crippen molar-refractivity contribution in [2.45, 2.75) is 12.8 Å². The van der Waals surface area contributed by atoms with Crippen LogP contribution in [0.25, 0.3) is 0 Å². The van der Waals surface area contributed by atoms with E-state index in [2.05, 4.69) is 16.4 Å². The summed E-state index contributed by atoms with van der Waals surface area (Å²) in [5.74, 6) is 0. The van der Waals surface area contributed by atoms with Gasteiger partial charge in [0.1, 0.15) is 0 Å². The number of ether oxygens (including phenoxy) is 1. The monoisotopic (exact) mass is 224 g/mol. The van der Waals surface area contributed by atoms with E-state index in [0.717, 1.165) is 25.9 Å². The Bertz CT molecular complexity index is 254. The fraction of sp³-hybridized carbons (Fsp3) is 0.583. The maximum atomic E-state index is 8.49. The van der Waals surface area contributed by atoms with Crippen LogP contribution in [0.15, 0.2) is 24.5 Å². The molecular formula is C12H20N2O2. The van der Waals surface area contributed by atoms with E-state index in [1.165, 1.54) is 5.56 Å². The van der Waals surface area contributed by atoms with Crippen molar-refractivity contribution in [3.05, 3.63) is 30.1 Å². The number of nitrogens with zero attached hydrogens (tertiary/aromatic N) is 1. The van der Waals surface area contributed by atoms with Gasteiger partial charge < -0.3 is 15.2 Å². The summed E-state index contributed by atoms with van der Waals surface area (Å²) in [6, 6.07) is 4.04. The van der Waals surface area contributed by atoms with Crippen LogP contribution in [0.4, 0.5) is 0 Å². The van der Waals surface area contributed by atoms with Crippen molar-refractivity contribution < 1.29 is 9.84 Å². The first-order valence-corrected chi connectivity index (χ1v) is 5.71. The highest BCUT2D eigenvalue weighted by Crippen LogP contribution is 1.95. The van der Waals surface area contributed by atoms with Gasteiger partial charge in [-0.25, -0.2) is 0 Å². The third-order valence-electron chi connectivity index (χ3n) is 2.19. The lowest BCUT2D eigenvalue weighted by atomic mass is 10.2. The minimum atomic E-state index is 0.106. The highest BCUT2D eigenvalue weighted by Gasteiger charge is 1.92. The molecule has 0 amide bonds. The average Bonchev–Trinajstić information content (AvgIpc) is 2.34. The van der Waals surface area contributed by atoms with Gasteiger partial charge >= 0.3 is 0 Å². The second-order valence-electron chi connectivity index (χ2n) is 3.55. The molecule has 1 aromatic rings. The molecule has 0 aliphatic rings. The van der Waals surface area contributed by atoms with Gasteiger partial charge in [0, 0.05) is 19.0 Å². The molecule has 0 radical (unpaired) electrons. The predicted octanol–water partition coefficient (Wildman–Crippen LogP) is 0.613. The van der Waals surface area contributed by atoms with E-state index in [-0.39, 0.29) is 6.61 Å². The summed E-state index contributed by atoms with van der Waals surface area (Å²) in [5.41, 5.74) is 1.26. The van der Waals surface area contributed by atoms with E-state index in [0.29, 0.717) is 13.2 Å². The van der Waals surface area contributed by atoms with Crippen LogP contribution < -0.4 is 5.32 Å². The fourth-order valence-corrected chi connectivity index (χ4v) is 1.37. The third kappa shape index (κ3) is 6.50. The van der Waals surface area contributed by atoms with Crippen LogP contribution in [0.2, 0.25) is 0 Å². The Morgan fingerprint density at radius 2 is 2.25 bits per heavy atom. The molecule has 0 atom stereocenters. The molecule has 1 heterocycles. The van der Waals surface area contributed by atoms with Crippen molar-refractivity contribution in [3.63, 3.8) is 0 Å². The molecule has 0 bridgehead atoms. The summed E-state index contributed by atoms with van der Waals surface area (Å²) >= 11 is 0. The second kappa shape index (κ2) is 9.27. The predicted molar refractivity (Wildman–Crippen MR) is 63.3 cm³/mol. The number of aromatic nitrogens is 1. The highest BCUT2D eigenvalue weighted by molar-refractivity contribution is 5.08. The largest absolute Gasteiger partial charge is 0.394 e. The van der Waals surface area contributed by atoms with Crippen LogP contribution in [0.3, 0.4) is 0 Å². The van der Waals surface area contributed by atoms with Crippen molar-refractivity contribution in [2.24, 2.45) is 0 Å². The quantitative estimate of drug-likeness (QED) is 0.604. The van der Waals surface area contributed by atoms with Crippen LogP contribution in [-0.4, -0.2) is 43.0 Å². The zero-order valence-electron chi connectivity index (χ0n) is 9.56. The number of hydrogen-bond donors (Lipinski definition) is 2. The Hall–Kier alpha value is -0.970. The lowest BCUT2D eigenvalue weighted by Crippen LogP contribution is -2.20. The van der Waals surface area contributed by atoms with Gasteiger partial charge in [-0.05, 0) is 37.6 Å². The summed E-state index contributed by atoms with van der Waals surface area (Å²) in [5, 5.41) is 11.8. The molecule has 1 rings (SSSR count). The van der Waals surface area contributed by atoms with Crippen LogP contribution in [0.5, 0.6) is 0 Å². The van der Waals surface area contributed by atoms with Gasteiger partial charge in [0.05, 0.1) is 13.2 Å². The number of nitrogens with one attached hydrogen (secondary N) is 1. The Kier molecular flexibility index (Phi) is 7.59. The van der Waals surface area contributed by atoms with Gasteiger partial charge in [0.2, 0.25) is 0 Å². The van der Waals surface area contributed by atoms with Gasteiger partial charge in [-0.1, -0.05) is 6.07 Å². The molecule has 16 heavy (non-hydrogen) atoms. The minimum Gasteiger partial charge on any atom is -0.394 e. The molecule has 0 aliphatic heterocycles. The molecule has 0 saturated carbocycles. The number of pyridine rings is 1. The molecule has 0 saturated heterocycles.